The summed E-state index contributed by atoms with van der Waals surface area (Å²) in [6.07, 6.45) is 5.34. The van der Waals surface area contributed by atoms with E-state index in [1.54, 1.807) is 12.7 Å². The van der Waals surface area contributed by atoms with Crippen LogP contribution in [0.3, 0.4) is 0 Å². The summed E-state index contributed by atoms with van der Waals surface area (Å²) in [7, 11) is 6.42. The molecule has 3 aliphatic rings. The van der Waals surface area contributed by atoms with Crippen LogP contribution in [0.2, 0.25) is 0 Å². The number of likely N-dealkylation sites (N-methyl/N-ethyl adjacent to an activating group) is 2. The lowest BCUT2D eigenvalue weighted by Crippen LogP contribution is -2.68. The van der Waals surface area contributed by atoms with Crippen LogP contribution in [-0.2, 0) is 12.0 Å². The average Bonchev–Trinajstić information content (AvgIpc) is 2.51. The summed E-state index contributed by atoms with van der Waals surface area (Å²) < 4.78 is 5.52. The van der Waals surface area contributed by atoms with Gasteiger partial charge in [-0.15, -0.1) is 0 Å². The van der Waals surface area contributed by atoms with Crippen LogP contribution in [0.4, 0.5) is 0 Å². The fraction of sp³-hybridized carbons (Fsp3) is 0.667. The molecular formula is C18H26N2O. The molecule has 0 radical (unpaired) electrons. The SMILES string of the molecule is COc1ccc2c(c1)C13CCCC(C1N(C)C2)N(C)CC3. The van der Waals surface area contributed by atoms with Gasteiger partial charge in [0.05, 0.1) is 7.11 Å². The Labute approximate surface area is 127 Å². The Morgan fingerprint density at radius 3 is 2.86 bits per heavy atom. The fourth-order valence-corrected chi connectivity index (χ4v) is 5.37. The molecule has 114 valence electrons. The molecule has 3 unspecified atom stereocenters. The first-order valence-electron chi connectivity index (χ1n) is 8.23. The van der Waals surface area contributed by atoms with Crippen molar-refractivity contribution in [3.05, 3.63) is 29.3 Å². The van der Waals surface area contributed by atoms with Gasteiger partial charge in [0.2, 0.25) is 0 Å². The number of ether oxygens (including phenoxy) is 1. The zero-order valence-electron chi connectivity index (χ0n) is 13.4. The largest absolute Gasteiger partial charge is 0.497 e. The molecule has 4 rings (SSSR count). The molecule has 0 spiro atoms. The van der Waals surface area contributed by atoms with Gasteiger partial charge in [-0.3, -0.25) is 4.90 Å². The zero-order chi connectivity index (χ0) is 14.6. The van der Waals surface area contributed by atoms with Gasteiger partial charge in [-0.25, -0.2) is 0 Å². The Balaban J connectivity index is 1.88. The van der Waals surface area contributed by atoms with E-state index in [2.05, 4.69) is 42.1 Å². The Kier molecular flexibility index (Phi) is 3.05. The monoisotopic (exact) mass is 286 g/mol. The average molecular weight is 286 g/mol. The number of likely N-dealkylation sites (tertiary alicyclic amines) is 1. The lowest BCUT2D eigenvalue weighted by atomic mass is 9.57. The van der Waals surface area contributed by atoms with Crippen molar-refractivity contribution in [1.82, 2.24) is 9.80 Å². The number of piperidine rings is 1. The fourth-order valence-electron chi connectivity index (χ4n) is 5.37. The molecule has 2 heterocycles. The van der Waals surface area contributed by atoms with Gasteiger partial charge in [0.1, 0.15) is 5.75 Å². The van der Waals surface area contributed by atoms with E-state index in [-0.39, 0.29) is 0 Å². The van der Waals surface area contributed by atoms with Gasteiger partial charge >= 0.3 is 0 Å². The van der Waals surface area contributed by atoms with Gasteiger partial charge in [-0.2, -0.15) is 0 Å². The van der Waals surface area contributed by atoms with Gasteiger partial charge in [-0.05, 0) is 63.2 Å². The van der Waals surface area contributed by atoms with Crippen molar-refractivity contribution < 1.29 is 4.74 Å². The van der Waals surface area contributed by atoms with E-state index in [9.17, 15) is 0 Å². The van der Waals surface area contributed by atoms with E-state index in [1.165, 1.54) is 37.8 Å². The summed E-state index contributed by atoms with van der Waals surface area (Å²) in [6.45, 7) is 2.31. The van der Waals surface area contributed by atoms with E-state index in [1.807, 2.05) is 0 Å². The highest BCUT2D eigenvalue weighted by atomic mass is 16.5. The normalized spacial score (nSPS) is 36.0. The van der Waals surface area contributed by atoms with Crippen molar-refractivity contribution in [3.8, 4) is 5.75 Å². The predicted molar refractivity (Wildman–Crippen MR) is 84.8 cm³/mol. The van der Waals surface area contributed by atoms with Gasteiger partial charge in [0, 0.05) is 24.0 Å². The van der Waals surface area contributed by atoms with Gasteiger partial charge < -0.3 is 9.64 Å². The number of methoxy groups -OCH3 is 1. The van der Waals surface area contributed by atoms with Crippen LogP contribution in [0.25, 0.3) is 0 Å². The third-order valence-corrected chi connectivity index (χ3v) is 6.28. The van der Waals surface area contributed by atoms with Crippen LogP contribution >= 0.6 is 0 Å². The summed E-state index contributed by atoms with van der Waals surface area (Å²) in [5, 5.41) is 0. The molecule has 0 N–H and O–H groups in total. The van der Waals surface area contributed by atoms with Crippen LogP contribution in [0.15, 0.2) is 18.2 Å². The number of benzene rings is 1. The van der Waals surface area contributed by atoms with E-state index in [0.717, 1.165) is 18.3 Å². The molecule has 2 fully saturated rings. The maximum Gasteiger partial charge on any atom is 0.119 e. The van der Waals surface area contributed by atoms with Crippen molar-refractivity contribution in [1.29, 1.82) is 0 Å². The van der Waals surface area contributed by atoms with Crippen LogP contribution < -0.4 is 4.74 Å². The van der Waals surface area contributed by atoms with E-state index in [4.69, 9.17) is 4.74 Å². The Morgan fingerprint density at radius 2 is 2.05 bits per heavy atom. The highest BCUT2D eigenvalue weighted by molar-refractivity contribution is 5.45. The highest BCUT2D eigenvalue weighted by Gasteiger charge is 2.55. The summed E-state index contributed by atoms with van der Waals surface area (Å²) in [5.41, 5.74) is 3.45. The standard InChI is InChI=1S/C18H26N2O/c1-19-10-9-18-8-4-5-16(19)17(18)20(2)12-13-6-7-14(21-3)11-15(13)18/h6-7,11,16-17H,4-5,8-10,12H2,1-3H3. The molecule has 1 saturated heterocycles. The molecule has 1 saturated carbocycles. The molecule has 1 aromatic carbocycles. The molecule has 21 heavy (non-hydrogen) atoms. The summed E-state index contributed by atoms with van der Waals surface area (Å²) in [4.78, 5) is 5.22. The predicted octanol–water partition coefficient (Wildman–Crippen LogP) is 2.64. The lowest BCUT2D eigenvalue weighted by molar-refractivity contribution is -0.0404. The molecule has 2 bridgehead atoms. The molecule has 0 amide bonds. The summed E-state index contributed by atoms with van der Waals surface area (Å²) in [6, 6.07) is 8.14. The van der Waals surface area contributed by atoms with Crippen LogP contribution in [-0.4, -0.2) is 49.6 Å². The molecule has 3 heteroatoms. The third kappa shape index (κ3) is 1.80. The first kappa shape index (κ1) is 13.6. The number of hydrogen-bond donors (Lipinski definition) is 0. The first-order chi connectivity index (χ1) is 10.2. The smallest absolute Gasteiger partial charge is 0.119 e. The minimum absolute atomic E-state index is 0.353. The second-order valence-electron chi connectivity index (χ2n) is 7.23. The van der Waals surface area contributed by atoms with Crippen LogP contribution in [0, 0.1) is 0 Å². The third-order valence-electron chi connectivity index (χ3n) is 6.28. The number of nitrogens with zero attached hydrogens (tertiary/aromatic N) is 2. The highest BCUT2D eigenvalue weighted by Crippen LogP contribution is 2.52. The Bertz CT molecular complexity index is 558. The Hall–Kier alpha value is -1.06. The lowest BCUT2D eigenvalue weighted by Gasteiger charge is -2.61. The summed E-state index contributed by atoms with van der Waals surface area (Å²) in [5.74, 6) is 1.02. The van der Waals surface area contributed by atoms with Crippen molar-refractivity contribution in [3.63, 3.8) is 0 Å². The molecule has 3 nitrogen and oxygen atoms in total. The van der Waals surface area contributed by atoms with Gasteiger partial charge in [0.15, 0.2) is 0 Å². The molecule has 2 aliphatic heterocycles. The van der Waals surface area contributed by atoms with Crippen molar-refractivity contribution in [2.45, 2.75) is 49.7 Å². The molecule has 1 aliphatic carbocycles. The van der Waals surface area contributed by atoms with Gasteiger partial charge in [-0.1, -0.05) is 12.5 Å². The molecule has 3 atom stereocenters. The number of fused-ring (bicyclic) bond motifs is 1. The second-order valence-corrected chi connectivity index (χ2v) is 7.23. The van der Waals surface area contributed by atoms with Gasteiger partial charge in [0.25, 0.3) is 0 Å². The zero-order valence-corrected chi connectivity index (χ0v) is 13.4. The van der Waals surface area contributed by atoms with Crippen LogP contribution in [0.5, 0.6) is 5.75 Å². The molecule has 1 aromatic rings. The van der Waals surface area contributed by atoms with Crippen molar-refractivity contribution in [2.75, 3.05) is 27.7 Å². The molecule has 0 aromatic heterocycles. The van der Waals surface area contributed by atoms with E-state index < -0.39 is 0 Å². The number of rotatable bonds is 1. The van der Waals surface area contributed by atoms with Crippen molar-refractivity contribution in [2.24, 2.45) is 0 Å². The number of hydrogen-bond acceptors (Lipinski definition) is 3. The maximum atomic E-state index is 5.52. The van der Waals surface area contributed by atoms with E-state index >= 15 is 0 Å². The first-order valence-corrected chi connectivity index (χ1v) is 8.23. The second kappa shape index (κ2) is 4.72. The van der Waals surface area contributed by atoms with E-state index in [0.29, 0.717) is 11.5 Å². The minimum Gasteiger partial charge on any atom is -0.497 e. The van der Waals surface area contributed by atoms with Crippen molar-refractivity contribution >= 4 is 0 Å². The topological polar surface area (TPSA) is 15.7 Å². The minimum atomic E-state index is 0.353. The van der Waals surface area contributed by atoms with Crippen LogP contribution in [0.1, 0.15) is 36.8 Å². The maximum absolute atomic E-state index is 5.52. The Morgan fingerprint density at radius 1 is 1.19 bits per heavy atom. The summed E-state index contributed by atoms with van der Waals surface area (Å²) >= 11 is 0. The molecular weight excluding hydrogens is 260 g/mol. The quantitative estimate of drug-likeness (QED) is 0.789.